The van der Waals surface area contributed by atoms with Gasteiger partial charge in [-0.25, -0.2) is 8.42 Å². The molecule has 0 spiro atoms. The Hall–Kier alpha value is -2.56. The third-order valence-electron chi connectivity index (χ3n) is 4.57. The molecule has 1 aliphatic heterocycles. The molecule has 1 unspecified atom stereocenters. The first-order valence-electron chi connectivity index (χ1n) is 8.25. The fraction of sp³-hybridized carbons (Fsp3) is 0.316. The van der Waals surface area contributed by atoms with Crippen molar-refractivity contribution in [3.63, 3.8) is 0 Å². The Bertz CT molecular complexity index is 950. The summed E-state index contributed by atoms with van der Waals surface area (Å²) in [5.74, 6) is 1.17. The zero-order chi connectivity index (χ0) is 18.7. The Morgan fingerprint density at radius 3 is 2.58 bits per heavy atom. The summed E-state index contributed by atoms with van der Waals surface area (Å²) in [6.45, 7) is 0.443. The van der Waals surface area contributed by atoms with Gasteiger partial charge < -0.3 is 9.47 Å². The van der Waals surface area contributed by atoms with Gasteiger partial charge in [0.1, 0.15) is 0 Å². The van der Waals surface area contributed by atoms with Crippen molar-refractivity contribution in [3.05, 3.63) is 53.6 Å². The van der Waals surface area contributed by atoms with Crippen molar-refractivity contribution >= 4 is 10.0 Å². The van der Waals surface area contributed by atoms with Crippen LogP contribution in [0.5, 0.6) is 11.5 Å². The minimum atomic E-state index is -3.69. The second-order valence-electron chi connectivity index (χ2n) is 6.03. The van der Waals surface area contributed by atoms with Crippen LogP contribution in [0.25, 0.3) is 0 Å². The lowest BCUT2D eigenvalue weighted by molar-refractivity contribution is 0.351. The highest BCUT2D eigenvalue weighted by Crippen LogP contribution is 2.39. The van der Waals surface area contributed by atoms with Crippen LogP contribution in [0, 0.1) is 11.3 Å². The molecule has 1 fully saturated rings. The van der Waals surface area contributed by atoms with Gasteiger partial charge >= 0.3 is 0 Å². The van der Waals surface area contributed by atoms with Gasteiger partial charge in [-0.15, -0.1) is 0 Å². The van der Waals surface area contributed by atoms with E-state index >= 15 is 0 Å². The van der Waals surface area contributed by atoms with E-state index in [-0.39, 0.29) is 10.9 Å². The normalized spacial score (nSPS) is 17.7. The van der Waals surface area contributed by atoms with Gasteiger partial charge in [-0.3, -0.25) is 0 Å². The molecule has 1 atom stereocenters. The fourth-order valence-corrected chi connectivity index (χ4v) is 5.01. The van der Waals surface area contributed by atoms with E-state index in [1.807, 2.05) is 18.2 Å². The minimum absolute atomic E-state index is 0.143. The summed E-state index contributed by atoms with van der Waals surface area (Å²) in [6, 6.07) is 13.3. The van der Waals surface area contributed by atoms with Crippen LogP contribution in [-0.4, -0.2) is 33.5 Å². The van der Waals surface area contributed by atoms with Gasteiger partial charge in [0.25, 0.3) is 0 Å². The third kappa shape index (κ3) is 3.26. The molecule has 7 heteroatoms. The van der Waals surface area contributed by atoms with Gasteiger partial charge in [0.15, 0.2) is 11.5 Å². The van der Waals surface area contributed by atoms with Gasteiger partial charge in [-0.1, -0.05) is 12.1 Å². The average molecular weight is 372 g/mol. The van der Waals surface area contributed by atoms with Gasteiger partial charge in [0.2, 0.25) is 10.0 Å². The van der Waals surface area contributed by atoms with Crippen LogP contribution in [0.3, 0.4) is 0 Å². The van der Waals surface area contributed by atoms with Crippen molar-refractivity contribution in [2.24, 2.45) is 0 Å². The number of ether oxygens (including phenoxy) is 2. The van der Waals surface area contributed by atoms with Crippen LogP contribution in [0.1, 0.15) is 30.0 Å². The highest BCUT2D eigenvalue weighted by molar-refractivity contribution is 7.89. The van der Waals surface area contributed by atoms with E-state index in [2.05, 4.69) is 0 Å². The van der Waals surface area contributed by atoms with E-state index < -0.39 is 10.0 Å². The lowest BCUT2D eigenvalue weighted by Gasteiger charge is -2.25. The van der Waals surface area contributed by atoms with E-state index in [1.165, 1.54) is 16.4 Å². The molecule has 6 nitrogen and oxygen atoms in total. The molecular weight excluding hydrogens is 352 g/mol. The first kappa shape index (κ1) is 18.2. The van der Waals surface area contributed by atoms with Crippen molar-refractivity contribution < 1.29 is 17.9 Å². The summed E-state index contributed by atoms with van der Waals surface area (Å²) < 4.78 is 38.4. The molecular formula is C19H20N2O4S. The Balaban J connectivity index is 1.99. The van der Waals surface area contributed by atoms with E-state index in [9.17, 15) is 8.42 Å². The molecule has 3 rings (SSSR count). The molecule has 0 bridgehead atoms. The van der Waals surface area contributed by atoms with Crippen LogP contribution in [0.4, 0.5) is 0 Å². The Morgan fingerprint density at radius 1 is 1.12 bits per heavy atom. The van der Waals surface area contributed by atoms with Crippen molar-refractivity contribution in [1.82, 2.24) is 4.31 Å². The largest absolute Gasteiger partial charge is 0.493 e. The second kappa shape index (κ2) is 7.36. The maximum atomic E-state index is 13.1. The summed E-state index contributed by atoms with van der Waals surface area (Å²) >= 11 is 0. The molecule has 1 heterocycles. The number of sulfonamides is 1. The van der Waals surface area contributed by atoms with Crippen molar-refractivity contribution in [3.8, 4) is 17.6 Å². The van der Waals surface area contributed by atoms with Crippen LogP contribution >= 0.6 is 0 Å². The van der Waals surface area contributed by atoms with Gasteiger partial charge in [-0.2, -0.15) is 9.57 Å². The van der Waals surface area contributed by atoms with Gasteiger partial charge in [0.05, 0.1) is 36.8 Å². The fourth-order valence-electron chi connectivity index (χ4n) is 3.28. The maximum absolute atomic E-state index is 13.1. The predicted octanol–water partition coefficient (Wildman–Crippen LogP) is 3.10. The number of nitriles is 1. The lowest BCUT2D eigenvalue weighted by atomic mass is 10.0. The molecule has 0 N–H and O–H groups in total. The number of nitrogens with zero attached hydrogens (tertiary/aromatic N) is 2. The molecule has 0 aromatic heterocycles. The molecule has 2 aromatic rings. The Labute approximate surface area is 153 Å². The van der Waals surface area contributed by atoms with E-state index in [4.69, 9.17) is 14.7 Å². The second-order valence-corrected chi connectivity index (χ2v) is 7.92. The Kier molecular flexibility index (Phi) is 5.16. The summed E-state index contributed by atoms with van der Waals surface area (Å²) in [6.07, 6.45) is 1.50. The summed E-state index contributed by atoms with van der Waals surface area (Å²) in [5.41, 5.74) is 1.19. The zero-order valence-corrected chi connectivity index (χ0v) is 15.5. The molecule has 1 aliphatic rings. The number of benzene rings is 2. The van der Waals surface area contributed by atoms with Crippen LogP contribution in [0.2, 0.25) is 0 Å². The predicted molar refractivity (Wildman–Crippen MR) is 96.6 cm³/mol. The van der Waals surface area contributed by atoms with Crippen LogP contribution < -0.4 is 9.47 Å². The number of methoxy groups -OCH3 is 2. The van der Waals surface area contributed by atoms with Gasteiger partial charge in [-0.05, 0) is 48.7 Å². The van der Waals surface area contributed by atoms with E-state index in [0.717, 1.165) is 18.4 Å². The number of rotatable bonds is 5. The van der Waals surface area contributed by atoms with E-state index in [1.54, 1.807) is 32.4 Å². The smallest absolute Gasteiger partial charge is 0.243 e. The molecule has 0 amide bonds. The van der Waals surface area contributed by atoms with Crippen molar-refractivity contribution in [2.75, 3.05) is 20.8 Å². The molecule has 0 saturated carbocycles. The monoisotopic (exact) mass is 372 g/mol. The van der Waals surface area contributed by atoms with E-state index in [0.29, 0.717) is 23.6 Å². The average Bonchev–Trinajstić information content (AvgIpc) is 3.18. The third-order valence-corrected chi connectivity index (χ3v) is 6.47. The molecule has 0 radical (unpaired) electrons. The Morgan fingerprint density at radius 2 is 1.88 bits per heavy atom. The first-order chi connectivity index (χ1) is 12.5. The summed E-state index contributed by atoms with van der Waals surface area (Å²) in [5, 5.41) is 9.05. The first-order valence-corrected chi connectivity index (χ1v) is 9.69. The van der Waals surface area contributed by atoms with Gasteiger partial charge in [0, 0.05) is 6.54 Å². The highest BCUT2D eigenvalue weighted by atomic mass is 32.2. The molecule has 1 saturated heterocycles. The van der Waals surface area contributed by atoms with Crippen molar-refractivity contribution in [2.45, 2.75) is 23.8 Å². The molecule has 136 valence electrons. The maximum Gasteiger partial charge on any atom is 0.243 e. The summed E-state index contributed by atoms with van der Waals surface area (Å²) in [4.78, 5) is 0.143. The molecule has 0 aliphatic carbocycles. The highest BCUT2D eigenvalue weighted by Gasteiger charge is 2.36. The quantitative estimate of drug-likeness (QED) is 0.806. The number of hydrogen-bond acceptors (Lipinski definition) is 5. The minimum Gasteiger partial charge on any atom is -0.493 e. The SMILES string of the molecule is COc1ccc(C2CCCN2S(=O)(=O)c2cccc(C#N)c2)cc1OC. The molecule has 26 heavy (non-hydrogen) atoms. The zero-order valence-electron chi connectivity index (χ0n) is 14.7. The number of hydrogen-bond donors (Lipinski definition) is 0. The summed E-state index contributed by atoms with van der Waals surface area (Å²) in [7, 11) is -0.578. The standard InChI is InChI=1S/C19H20N2O4S/c1-24-18-9-8-15(12-19(18)25-2)17-7-4-10-21(17)26(22,23)16-6-3-5-14(11-16)13-20/h3,5-6,8-9,11-12,17H,4,7,10H2,1-2H3. The van der Waals surface area contributed by atoms with Crippen LogP contribution in [-0.2, 0) is 10.0 Å². The molecule has 2 aromatic carbocycles. The van der Waals surface area contributed by atoms with Crippen molar-refractivity contribution in [1.29, 1.82) is 5.26 Å². The lowest BCUT2D eigenvalue weighted by Crippen LogP contribution is -2.30. The van der Waals surface area contributed by atoms with Crippen LogP contribution in [0.15, 0.2) is 47.4 Å². The topological polar surface area (TPSA) is 79.6 Å².